The van der Waals surface area contributed by atoms with Gasteiger partial charge in [-0.15, -0.1) is 21.5 Å². The molecule has 0 unspecified atom stereocenters. The fraction of sp³-hybridized carbons (Fsp3) is 0.143. The van der Waals surface area contributed by atoms with Crippen LogP contribution in [0.5, 0.6) is 0 Å². The molecule has 3 heterocycles. The molecular formula is C14H13BrN6OS. The normalized spacial score (nSPS) is 10.5. The van der Waals surface area contributed by atoms with Gasteiger partial charge < -0.3 is 10.6 Å². The van der Waals surface area contributed by atoms with Crippen molar-refractivity contribution in [3.8, 4) is 5.82 Å². The molecule has 0 spiro atoms. The first-order valence-electron chi connectivity index (χ1n) is 6.82. The summed E-state index contributed by atoms with van der Waals surface area (Å²) in [5.41, 5.74) is 0. The molecule has 3 rings (SSSR count). The molecule has 0 saturated carbocycles. The van der Waals surface area contributed by atoms with Crippen molar-refractivity contribution < 1.29 is 4.79 Å². The standard InChI is InChI=1S/C14H13BrN6OS/c15-10-8-11(23-9-10)14(22)17-6-5-16-12-2-3-13(20-19-12)21-7-1-4-18-21/h1-4,7-9H,5-6H2,(H,16,19)(H,17,22). The number of thiophene rings is 1. The molecule has 0 saturated heterocycles. The molecule has 0 bridgehead atoms. The summed E-state index contributed by atoms with van der Waals surface area (Å²) in [6.07, 6.45) is 3.48. The summed E-state index contributed by atoms with van der Waals surface area (Å²) >= 11 is 4.73. The quantitative estimate of drug-likeness (QED) is 0.628. The van der Waals surface area contributed by atoms with E-state index in [1.165, 1.54) is 11.3 Å². The van der Waals surface area contributed by atoms with Crippen molar-refractivity contribution >= 4 is 39.0 Å². The molecule has 3 aromatic rings. The highest BCUT2D eigenvalue weighted by Crippen LogP contribution is 2.19. The van der Waals surface area contributed by atoms with Gasteiger partial charge in [-0.3, -0.25) is 4.79 Å². The number of carbonyl (C=O) groups is 1. The minimum atomic E-state index is -0.0809. The van der Waals surface area contributed by atoms with Gasteiger partial charge in [0.25, 0.3) is 5.91 Å². The minimum Gasteiger partial charge on any atom is -0.367 e. The lowest BCUT2D eigenvalue weighted by Gasteiger charge is -2.06. The lowest BCUT2D eigenvalue weighted by molar-refractivity contribution is 0.0959. The number of hydrogen-bond donors (Lipinski definition) is 2. The Bertz CT molecular complexity index is 771. The van der Waals surface area contributed by atoms with E-state index in [9.17, 15) is 4.79 Å². The largest absolute Gasteiger partial charge is 0.367 e. The van der Waals surface area contributed by atoms with Crippen LogP contribution in [0.15, 0.2) is 46.5 Å². The van der Waals surface area contributed by atoms with Gasteiger partial charge in [0.1, 0.15) is 5.82 Å². The third-order valence-electron chi connectivity index (χ3n) is 2.90. The number of hydrogen-bond acceptors (Lipinski definition) is 6. The fourth-order valence-electron chi connectivity index (χ4n) is 1.83. The molecule has 3 aromatic heterocycles. The van der Waals surface area contributed by atoms with Crippen molar-refractivity contribution in [1.82, 2.24) is 25.3 Å². The number of nitrogens with one attached hydrogen (secondary N) is 2. The summed E-state index contributed by atoms with van der Waals surface area (Å²) in [5.74, 6) is 1.22. The number of carbonyl (C=O) groups excluding carboxylic acids is 1. The van der Waals surface area contributed by atoms with Gasteiger partial charge in [-0.25, -0.2) is 4.68 Å². The average Bonchev–Trinajstić information content (AvgIpc) is 3.23. The zero-order valence-corrected chi connectivity index (χ0v) is 14.3. The molecule has 9 heteroatoms. The Balaban J connectivity index is 1.45. The van der Waals surface area contributed by atoms with Gasteiger partial charge >= 0.3 is 0 Å². The molecule has 118 valence electrons. The molecular weight excluding hydrogens is 380 g/mol. The Morgan fingerprint density at radius 1 is 1.30 bits per heavy atom. The maximum atomic E-state index is 11.9. The number of amides is 1. The minimum absolute atomic E-state index is 0.0809. The van der Waals surface area contributed by atoms with E-state index >= 15 is 0 Å². The third-order valence-corrected chi connectivity index (χ3v) is 4.59. The van der Waals surface area contributed by atoms with Gasteiger partial charge in [0.2, 0.25) is 0 Å². The van der Waals surface area contributed by atoms with E-state index in [1.807, 2.05) is 23.6 Å². The van der Waals surface area contributed by atoms with Crippen molar-refractivity contribution in [3.63, 3.8) is 0 Å². The van der Waals surface area contributed by atoms with Crippen LogP contribution in [0.1, 0.15) is 9.67 Å². The molecule has 0 aliphatic carbocycles. The molecule has 0 aliphatic heterocycles. The van der Waals surface area contributed by atoms with Crippen LogP contribution < -0.4 is 10.6 Å². The van der Waals surface area contributed by atoms with Gasteiger partial charge in [-0.1, -0.05) is 0 Å². The maximum absolute atomic E-state index is 11.9. The second kappa shape index (κ2) is 7.34. The van der Waals surface area contributed by atoms with Crippen LogP contribution >= 0.6 is 27.3 Å². The monoisotopic (exact) mass is 392 g/mol. The topological polar surface area (TPSA) is 84.7 Å². The lowest BCUT2D eigenvalue weighted by Crippen LogP contribution is -2.28. The van der Waals surface area contributed by atoms with Gasteiger partial charge in [-0.05, 0) is 40.2 Å². The summed E-state index contributed by atoms with van der Waals surface area (Å²) in [6, 6.07) is 7.27. The van der Waals surface area contributed by atoms with E-state index in [0.29, 0.717) is 29.6 Å². The molecule has 2 N–H and O–H groups in total. The highest BCUT2D eigenvalue weighted by Gasteiger charge is 2.07. The SMILES string of the molecule is O=C(NCCNc1ccc(-n2cccn2)nn1)c1cc(Br)cs1. The van der Waals surface area contributed by atoms with E-state index in [1.54, 1.807) is 23.1 Å². The molecule has 7 nitrogen and oxygen atoms in total. The molecule has 0 fully saturated rings. The first kappa shape index (κ1) is 15.6. The summed E-state index contributed by atoms with van der Waals surface area (Å²) in [4.78, 5) is 12.5. The molecule has 0 atom stereocenters. The number of anilines is 1. The van der Waals surface area contributed by atoms with Crippen molar-refractivity contribution in [3.05, 3.63) is 51.4 Å². The number of nitrogens with zero attached hydrogens (tertiary/aromatic N) is 4. The smallest absolute Gasteiger partial charge is 0.261 e. The van der Waals surface area contributed by atoms with Crippen molar-refractivity contribution in [2.45, 2.75) is 0 Å². The van der Waals surface area contributed by atoms with Crippen molar-refractivity contribution in [2.24, 2.45) is 0 Å². The van der Waals surface area contributed by atoms with Crippen LogP contribution in [0.3, 0.4) is 0 Å². The Morgan fingerprint density at radius 3 is 2.87 bits per heavy atom. The van der Waals surface area contributed by atoms with Crippen LogP contribution in [0.4, 0.5) is 5.82 Å². The molecule has 23 heavy (non-hydrogen) atoms. The Labute approximate surface area is 144 Å². The molecule has 1 amide bonds. The fourth-order valence-corrected chi connectivity index (χ4v) is 3.17. The van der Waals surface area contributed by atoms with Crippen LogP contribution in [0, 0.1) is 0 Å². The molecule has 0 radical (unpaired) electrons. The Hall–Kier alpha value is -2.26. The summed E-state index contributed by atoms with van der Waals surface area (Å²) in [6.45, 7) is 1.06. The Kier molecular flexibility index (Phi) is 4.99. The van der Waals surface area contributed by atoms with E-state index < -0.39 is 0 Å². The Morgan fingerprint density at radius 2 is 2.22 bits per heavy atom. The number of aromatic nitrogens is 4. The van der Waals surface area contributed by atoms with E-state index in [-0.39, 0.29) is 5.91 Å². The van der Waals surface area contributed by atoms with Crippen molar-refractivity contribution in [2.75, 3.05) is 18.4 Å². The average molecular weight is 393 g/mol. The predicted octanol–water partition coefficient (Wildman–Crippen LogP) is 2.33. The van der Waals surface area contributed by atoms with Crippen LogP contribution in [0.25, 0.3) is 5.82 Å². The third kappa shape index (κ3) is 4.14. The summed E-state index contributed by atoms with van der Waals surface area (Å²) in [7, 11) is 0. The first-order valence-corrected chi connectivity index (χ1v) is 8.49. The van der Waals surface area contributed by atoms with E-state index in [0.717, 1.165) is 4.47 Å². The zero-order chi connectivity index (χ0) is 16.1. The van der Waals surface area contributed by atoms with Crippen LogP contribution in [-0.4, -0.2) is 39.0 Å². The summed E-state index contributed by atoms with van der Waals surface area (Å²) in [5, 5.41) is 20.1. The van der Waals surface area contributed by atoms with Gasteiger partial charge in [0, 0.05) is 35.3 Å². The second-order valence-electron chi connectivity index (χ2n) is 4.54. The van der Waals surface area contributed by atoms with Crippen LogP contribution in [0.2, 0.25) is 0 Å². The van der Waals surface area contributed by atoms with Gasteiger partial charge in [0.15, 0.2) is 5.82 Å². The highest BCUT2D eigenvalue weighted by molar-refractivity contribution is 9.10. The van der Waals surface area contributed by atoms with Gasteiger partial charge in [-0.2, -0.15) is 5.10 Å². The van der Waals surface area contributed by atoms with Crippen molar-refractivity contribution in [1.29, 1.82) is 0 Å². The zero-order valence-electron chi connectivity index (χ0n) is 11.9. The van der Waals surface area contributed by atoms with Crippen LogP contribution in [-0.2, 0) is 0 Å². The van der Waals surface area contributed by atoms with E-state index in [4.69, 9.17) is 0 Å². The first-order chi connectivity index (χ1) is 11.2. The molecule has 0 aromatic carbocycles. The van der Waals surface area contributed by atoms with E-state index in [2.05, 4.69) is 41.9 Å². The predicted molar refractivity (Wildman–Crippen MR) is 92.0 cm³/mol. The lowest BCUT2D eigenvalue weighted by atomic mass is 10.4. The summed E-state index contributed by atoms with van der Waals surface area (Å²) < 4.78 is 2.55. The van der Waals surface area contributed by atoms with Gasteiger partial charge in [0.05, 0.1) is 4.88 Å². The maximum Gasteiger partial charge on any atom is 0.261 e. The number of halogens is 1. The molecule has 0 aliphatic rings. The number of rotatable bonds is 6. The highest BCUT2D eigenvalue weighted by atomic mass is 79.9. The second-order valence-corrected chi connectivity index (χ2v) is 6.37.